The molecule has 0 radical (unpaired) electrons. The summed E-state index contributed by atoms with van der Waals surface area (Å²) in [6, 6.07) is 15.4. The zero-order valence-electron chi connectivity index (χ0n) is 17.6. The minimum atomic E-state index is -0.442. The van der Waals surface area contributed by atoms with Crippen molar-refractivity contribution in [1.29, 1.82) is 0 Å². The molecule has 1 saturated heterocycles. The van der Waals surface area contributed by atoms with Gasteiger partial charge in [0.25, 0.3) is 0 Å². The van der Waals surface area contributed by atoms with Gasteiger partial charge in [0.1, 0.15) is 0 Å². The number of hydrogen-bond donors (Lipinski definition) is 2. The summed E-state index contributed by atoms with van der Waals surface area (Å²) in [5.41, 5.74) is 9.65. The van der Waals surface area contributed by atoms with Gasteiger partial charge in [0.2, 0.25) is 5.91 Å². The highest BCUT2D eigenvalue weighted by atomic mass is 32.1. The molecule has 1 aliphatic heterocycles. The van der Waals surface area contributed by atoms with E-state index in [0.29, 0.717) is 24.6 Å². The lowest BCUT2D eigenvalue weighted by Gasteiger charge is -2.28. The molecule has 8 nitrogen and oxygen atoms in total. The smallest absolute Gasteiger partial charge is 0.248 e. The van der Waals surface area contributed by atoms with Crippen molar-refractivity contribution in [3.05, 3.63) is 60.3 Å². The summed E-state index contributed by atoms with van der Waals surface area (Å²) in [5.74, 6) is 1.12. The van der Waals surface area contributed by atoms with Crippen molar-refractivity contribution in [3.8, 4) is 21.8 Å². The standard InChI is InChI=1S/C24H20N6O2S/c25-22(31)15-4-1-3-14(11-15)20-12-19-21(33-20)24(30-7-9-32-10-8-30)28-23(27-19)16-5-2-6-18-17(16)13-26-29-18/h1-6,11-13H,7-10H2,(H2,25,31)(H,26,29). The highest BCUT2D eigenvalue weighted by molar-refractivity contribution is 7.22. The minimum Gasteiger partial charge on any atom is -0.378 e. The van der Waals surface area contributed by atoms with Crippen LogP contribution < -0.4 is 10.6 Å². The number of H-pyrrole nitrogens is 1. The van der Waals surface area contributed by atoms with Crippen LogP contribution in [0.4, 0.5) is 5.82 Å². The topological polar surface area (TPSA) is 110 Å². The number of morpholine rings is 1. The molecule has 1 amide bonds. The predicted octanol–water partition coefficient (Wildman–Crippen LogP) is 3.84. The number of nitrogens with zero attached hydrogens (tertiary/aromatic N) is 4. The van der Waals surface area contributed by atoms with Gasteiger partial charge in [-0.1, -0.05) is 24.3 Å². The van der Waals surface area contributed by atoms with Gasteiger partial charge in [-0.15, -0.1) is 11.3 Å². The van der Waals surface area contributed by atoms with E-state index in [1.54, 1.807) is 23.6 Å². The Morgan fingerprint density at radius 1 is 1.09 bits per heavy atom. The Labute approximate surface area is 193 Å². The lowest BCUT2D eigenvalue weighted by Crippen LogP contribution is -2.36. The van der Waals surface area contributed by atoms with E-state index < -0.39 is 5.91 Å². The first-order valence-electron chi connectivity index (χ1n) is 10.6. The number of aromatic nitrogens is 4. The molecule has 0 saturated carbocycles. The second-order valence-electron chi connectivity index (χ2n) is 7.88. The van der Waals surface area contributed by atoms with Gasteiger partial charge in [0, 0.05) is 34.5 Å². The van der Waals surface area contributed by atoms with Crippen LogP contribution in [0.2, 0.25) is 0 Å². The summed E-state index contributed by atoms with van der Waals surface area (Å²) in [6.07, 6.45) is 1.81. The molecule has 0 atom stereocenters. The Morgan fingerprint density at radius 3 is 2.79 bits per heavy atom. The maximum Gasteiger partial charge on any atom is 0.248 e. The van der Waals surface area contributed by atoms with Crippen LogP contribution in [-0.4, -0.2) is 52.4 Å². The minimum absolute atomic E-state index is 0.442. The van der Waals surface area contributed by atoms with Gasteiger partial charge in [-0.25, -0.2) is 9.97 Å². The van der Waals surface area contributed by atoms with Crippen molar-refractivity contribution in [2.75, 3.05) is 31.2 Å². The van der Waals surface area contributed by atoms with Crippen LogP contribution in [0.3, 0.4) is 0 Å². The molecule has 33 heavy (non-hydrogen) atoms. The molecule has 164 valence electrons. The van der Waals surface area contributed by atoms with Crippen LogP contribution in [0.25, 0.3) is 42.9 Å². The molecule has 0 unspecified atom stereocenters. The number of aromatic amines is 1. The molecule has 4 heterocycles. The summed E-state index contributed by atoms with van der Waals surface area (Å²) in [7, 11) is 0. The first-order valence-corrected chi connectivity index (χ1v) is 11.5. The number of amides is 1. The van der Waals surface area contributed by atoms with E-state index in [2.05, 4.69) is 21.2 Å². The zero-order valence-corrected chi connectivity index (χ0v) is 18.4. The van der Waals surface area contributed by atoms with E-state index in [1.165, 1.54) is 0 Å². The van der Waals surface area contributed by atoms with Crippen LogP contribution in [0.15, 0.2) is 54.7 Å². The Bertz CT molecular complexity index is 1500. The third-order valence-electron chi connectivity index (χ3n) is 5.82. The number of nitrogens with two attached hydrogens (primary N) is 1. The summed E-state index contributed by atoms with van der Waals surface area (Å²) < 4.78 is 6.58. The number of benzene rings is 2. The molecule has 1 aliphatic rings. The van der Waals surface area contributed by atoms with Gasteiger partial charge >= 0.3 is 0 Å². The second-order valence-corrected chi connectivity index (χ2v) is 8.93. The third kappa shape index (κ3) is 3.51. The molecule has 5 aromatic rings. The lowest BCUT2D eigenvalue weighted by molar-refractivity contribution is 0.100. The van der Waals surface area contributed by atoms with E-state index in [1.807, 2.05) is 36.4 Å². The van der Waals surface area contributed by atoms with Crippen molar-refractivity contribution in [1.82, 2.24) is 20.2 Å². The summed E-state index contributed by atoms with van der Waals surface area (Å²) >= 11 is 1.62. The van der Waals surface area contributed by atoms with Gasteiger partial charge in [0.15, 0.2) is 11.6 Å². The fourth-order valence-corrected chi connectivity index (χ4v) is 5.27. The van der Waals surface area contributed by atoms with Crippen LogP contribution >= 0.6 is 11.3 Å². The Hall–Kier alpha value is -3.82. The number of thiophene rings is 1. The van der Waals surface area contributed by atoms with E-state index in [0.717, 1.165) is 56.0 Å². The molecule has 0 bridgehead atoms. The summed E-state index contributed by atoms with van der Waals surface area (Å²) in [4.78, 5) is 24.9. The van der Waals surface area contributed by atoms with E-state index >= 15 is 0 Å². The molecule has 1 fully saturated rings. The van der Waals surface area contributed by atoms with E-state index in [9.17, 15) is 4.79 Å². The summed E-state index contributed by atoms with van der Waals surface area (Å²) in [5, 5.41) is 8.18. The molecule has 9 heteroatoms. The number of ether oxygens (including phenoxy) is 1. The Kier molecular flexibility index (Phi) is 4.78. The number of primary amides is 1. The molecule has 3 N–H and O–H groups in total. The van der Waals surface area contributed by atoms with Crippen molar-refractivity contribution < 1.29 is 9.53 Å². The van der Waals surface area contributed by atoms with Crippen molar-refractivity contribution in [2.24, 2.45) is 5.73 Å². The lowest BCUT2D eigenvalue weighted by atomic mass is 10.1. The highest BCUT2D eigenvalue weighted by Crippen LogP contribution is 2.39. The van der Waals surface area contributed by atoms with E-state index in [-0.39, 0.29) is 0 Å². The molecule has 6 rings (SSSR count). The maximum absolute atomic E-state index is 11.7. The Balaban J connectivity index is 1.56. The first-order chi connectivity index (χ1) is 16.2. The normalized spacial score (nSPS) is 14.2. The van der Waals surface area contributed by atoms with Gasteiger partial charge in [-0.3, -0.25) is 9.89 Å². The largest absolute Gasteiger partial charge is 0.378 e. The Morgan fingerprint density at radius 2 is 1.94 bits per heavy atom. The SMILES string of the molecule is NC(=O)c1cccc(-c2cc3nc(-c4cccc5[nH]ncc45)nc(N4CCOCC4)c3s2)c1. The predicted molar refractivity (Wildman–Crippen MR) is 129 cm³/mol. The number of anilines is 1. The van der Waals surface area contributed by atoms with Gasteiger partial charge in [0.05, 0.1) is 35.1 Å². The first kappa shape index (κ1) is 19.8. The fraction of sp³-hybridized carbons (Fsp3) is 0.167. The molecule has 0 spiro atoms. The maximum atomic E-state index is 11.7. The molecular formula is C24H20N6O2S. The van der Waals surface area contributed by atoms with E-state index in [4.69, 9.17) is 20.4 Å². The highest BCUT2D eigenvalue weighted by Gasteiger charge is 2.21. The average Bonchev–Trinajstić information content (AvgIpc) is 3.51. The quantitative estimate of drug-likeness (QED) is 0.425. The monoisotopic (exact) mass is 456 g/mol. The average molecular weight is 457 g/mol. The number of nitrogens with one attached hydrogen (secondary N) is 1. The van der Waals surface area contributed by atoms with Crippen LogP contribution in [0.1, 0.15) is 10.4 Å². The van der Waals surface area contributed by atoms with Crippen molar-refractivity contribution in [2.45, 2.75) is 0 Å². The molecular weight excluding hydrogens is 436 g/mol. The van der Waals surface area contributed by atoms with Gasteiger partial charge in [-0.05, 0) is 29.8 Å². The second kappa shape index (κ2) is 7.95. The van der Waals surface area contributed by atoms with Crippen LogP contribution in [-0.2, 0) is 4.74 Å². The third-order valence-corrected chi connectivity index (χ3v) is 6.99. The van der Waals surface area contributed by atoms with Crippen molar-refractivity contribution in [3.63, 3.8) is 0 Å². The van der Waals surface area contributed by atoms with Gasteiger partial charge in [-0.2, -0.15) is 5.10 Å². The number of hydrogen-bond acceptors (Lipinski definition) is 7. The number of fused-ring (bicyclic) bond motifs is 2. The molecule has 2 aromatic carbocycles. The van der Waals surface area contributed by atoms with Crippen LogP contribution in [0.5, 0.6) is 0 Å². The molecule has 0 aliphatic carbocycles. The van der Waals surface area contributed by atoms with Gasteiger partial charge < -0.3 is 15.4 Å². The number of rotatable bonds is 4. The van der Waals surface area contributed by atoms with Crippen molar-refractivity contribution >= 4 is 44.2 Å². The number of carbonyl (C=O) groups is 1. The fourth-order valence-electron chi connectivity index (χ4n) is 4.16. The number of carbonyl (C=O) groups excluding carboxylic acids is 1. The zero-order chi connectivity index (χ0) is 22.4. The molecule has 3 aromatic heterocycles. The summed E-state index contributed by atoms with van der Waals surface area (Å²) in [6.45, 7) is 2.87. The van der Waals surface area contributed by atoms with Crippen LogP contribution in [0, 0.1) is 0 Å².